The second-order valence-corrected chi connectivity index (χ2v) is 6.83. The number of rotatable bonds is 3. The first-order valence-electron chi connectivity index (χ1n) is 7.47. The summed E-state index contributed by atoms with van der Waals surface area (Å²) in [5.41, 5.74) is 8.16. The molecule has 1 aliphatic rings. The van der Waals surface area contributed by atoms with Crippen LogP contribution in [0, 0.1) is 0 Å². The molecule has 0 aliphatic carbocycles. The summed E-state index contributed by atoms with van der Waals surface area (Å²) >= 11 is 3.40. The lowest BCUT2D eigenvalue weighted by molar-refractivity contribution is -0.123. The number of carbonyl (C=O) groups is 1. The molecule has 0 saturated carbocycles. The summed E-state index contributed by atoms with van der Waals surface area (Å²) in [5, 5.41) is 0. The highest BCUT2D eigenvalue weighted by Crippen LogP contribution is 2.34. The van der Waals surface area contributed by atoms with E-state index in [1.165, 1.54) is 0 Å². The molecule has 0 fully saturated rings. The fourth-order valence-corrected chi connectivity index (χ4v) is 3.18. The highest BCUT2D eigenvalue weighted by Gasteiger charge is 2.37. The van der Waals surface area contributed by atoms with Gasteiger partial charge in [-0.05, 0) is 54.8 Å². The molecule has 2 N–H and O–H groups in total. The molecule has 0 saturated heterocycles. The van der Waals surface area contributed by atoms with Crippen molar-refractivity contribution in [2.45, 2.75) is 18.9 Å². The van der Waals surface area contributed by atoms with Crippen LogP contribution < -0.4 is 15.4 Å². The maximum Gasteiger partial charge on any atom is 0.251 e. The van der Waals surface area contributed by atoms with Gasteiger partial charge in [-0.25, -0.2) is 0 Å². The maximum absolute atomic E-state index is 13.0. The molecule has 0 bridgehead atoms. The zero-order chi connectivity index (χ0) is 16.6. The topological polar surface area (TPSA) is 55.6 Å². The highest BCUT2D eigenvalue weighted by molar-refractivity contribution is 9.10. The van der Waals surface area contributed by atoms with Crippen molar-refractivity contribution in [3.63, 3.8) is 0 Å². The number of nitrogens with zero attached hydrogens (tertiary/aromatic N) is 1. The molecule has 1 atom stereocenters. The van der Waals surface area contributed by atoms with Crippen LogP contribution in [0.1, 0.15) is 18.1 Å². The van der Waals surface area contributed by atoms with Gasteiger partial charge in [0.1, 0.15) is 11.3 Å². The molecule has 1 unspecified atom stereocenters. The van der Waals surface area contributed by atoms with Gasteiger partial charge in [-0.2, -0.15) is 0 Å². The lowest BCUT2D eigenvalue weighted by Crippen LogP contribution is -2.50. The predicted molar refractivity (Wildman–Crippen MR) is 102 cm³/mol. The number of benzene rings is 2. The van der Waals surface area contributed by atoms with Gasteiger partial charge in [0.2, 0.25) is 0 Å². The number of carbonyl (C=O) groups excluding carboxylic acids is 1. The minimum atomic E-state index is -1.07. The van der Waals surface area contributed by atoms with E-state index in [0.717, 1.165) is 33.5 Å². The van der Waals surface area contributed by atoms with Gasteiger partial charge in [0.05, 0.1) is 7.11 Å². The Balaban J connectivity index is 0.00000208. The Kier molecular flexibility index (Phi) is 5.58. The summed E-state index contributed by atoms with van der Waals surface area (Å²) < 4.78 is 6.21. The minimum absolute atomic E-state index is 0. The van der Waals surface area contributed by atoms with Crippen molar-refractivity contribution in [1.82, 2.24) is 0 Å². The summed E-state index contributed by atoms with van der Waals surface area (Å²) in [7, 11) is 1.64. The van der Waals surface area contributed by atoms with Crippen molar-refractivity contribution in [2.24, 2.45) is 5.73 Å². The van der Waals surface area contributed by atoms with Crippen LogP contribution in [-0.4, -0.2) is 19.6 Å². The van der Waals surface area contributed by atoms with Crippen molar-refractivity contribution < 1.29 is 9.53 Å². The Morgan fingerprint density at radius 1 is 1.25 bits per heavy atom. The Hall–Kier alpha value is -1.56. The van der Waals surface area contributed by atoms with Crippen LogP contribution in [0.15, 0.2) is 46.9 Å². The lowest BCUT2D eigenvalue weighted by atomic mass is 9.91. The van der Waals surface area contributed by atoms with Crippen molar-refractivity contribution in [3.05, 3.63) is 58.1 Å². The van der Waals surface area contributed by atoms with E-state index >= 15 is 0 Å². The second-order valence-electron chi connectivity index (χ2n) is 5.91. The van der Waals surface area contributed by atoms with Crippen LogP contribution in [0.5, 0.6) is 5.75 Å². The molecule has 2 aromatic carbocycles. The van der Waals surface area contributed by atoms with Crippen molar-refractivity contribution in [2.75, 3.05) is 18.6 Å². The molecule has 1 aliphatic heterocycles. The summed E-state index contributed by atoms with van der Waals surface area (Å²) in [6.07, 6.45) is 0.814. The fraction of sp³-hybridized carbons (Fsp3) is 0.278. The van der Waals surface area contributed by atoms with E-state index in [0.29, 0.717) is 6.54 Å². The lowest BCUT2D eigenvalue weighted by Gasteiger charge is -2.30. The van der Waals surface area contributed by atoms with Gasteiger partial charge in [-0.3, -0.25) is 4.79 Å². The Morgan fingerprint density at radius 3 is 2.54 bits per heavy atom. The number of amides is 1. The Labute approximate surface area is 156 Å². The van der Waals surface area contributed by atoms with Crippen molar-refractivity contribution in [3.8, 4) is 5.75 Å². The molecule has 128 valence electrons. The van der Waals surface area contributed by atoms with Gasteiger partial charge in [0, 0.05) is 16.7 Å². The molecule has 24 heavy (non-hydrogen) atoms. The first kappa shape index (κ1) is 18.8. The van der Waals surface area contributed by atoms with Gasteiger partial charge in [0.15, 0.2) is 0 Å². The molecule has 0 radical (unpaired) electrons. The minimum Gasteiger partial charge on any atom is -0.497 e. The average Bonchev–Trinajstić information content (AvgIpc) is 2.97. The third-order valence-corrected chi connectivity index (χ3v) is 4.84. The molecule has 0 spiro atoms. The van der Waals surface area contributed by atoms with Crippen LogP contribution in [0.3, 0.4) is 0 Å². The largest absolute Gasteiger partial charge is 0.497 e. The number of hydrogen-bond acceptors (Lipinski definition) is 3. The second kappa shape index (κ2) is 7.13. The van der Waals surface area contributed by atoms with Crippen LogP contribution in [-0.2, 0) is 16.8 Å². The van der Waals surface area contributed by atoms with Crippen LogP contribution in [0.2, 0.25) is 0 Å². The monoisotopic (exact) mass is 410 g/mol. The van der Waals surface area contributed by atoms with E-state index in [1.54, 1.807) is 18.9 Å². The summed E-state index contributed by atoms with van der Waals surface area (Å²) in [6.45, 7) is 2.41. The molecule has 2 aromatic rings. The maximum atomic E-state index is 13.0. The summed E-state index contributed by atoms with van der Waals surface area (Å²) in [4.78, 5) is 14.8. The Morgan fingerprint density at radius 2 is 1.92 bits per heavy atom. The third kappa shape index (κ3) is 3.29. The number of nitrogens with two attached hydrogens (primary N) is 1. The van der Waals surface area contributed by atoms with Gasteiger partial charge >= 0.3 is 0 Å². The number of fused-ring (bicyclic) bond motifs is 1. The average molecular weight is 412 g/mol. The summed E-state index contributed by atoms with van der Waals surface area (Å²) in [5.74, 6) is 0.713. The number of ether oxygens (including phenoxy) is 1. The SMILES string of the molecule is COc1ccc2c(c1)CCN2C(=O)C(C)(N)c1ccc(Br)cc1.Cl. The fourth-order valence-electron chi connectivity index (χ4n) is 2.92. The van der Waals surface area contributed by atoms with Gasteiger partial charge < -0.3 is 15.4 Å². The smallest absolute Gasteiger partial charge is 0.251 e. The van der Waals surface area contributed by atoms with Crippen molar-refractivity contribution >= 4 is 39.9 Å². The van der Waals surface area contributed by atoms with E-state index in [4.69, 9.17) is 10.5 Å². The Bertz CT molecular complexity index is 747. The van der Waals surface area contributed by atoms with E-state index in [-0.39, 0.29) is 18.3 Å². The summed E-state index contributed by atoms with van der Waals surface area (Å²) in [6, 6.07) is 13.3. The number of methoxy groups -OCH3 is 1. The third-order valence-electron chi connectivity index (χ3n) is 4.32. The van der Waals surface area contributed by atoms with E-state index < -0.39 is 5.54 Å². The highest BCUT2D eigenvalue weighted by atomic mass is 79.9. The number of hydrogen-bond donors (Lipinski definition) is 1. The molecule has 0 aromatic heterocycles. The standard InChI is InChI=1S/C18H19BrN2O2.ClH/c1-18(20,13-3-5-14(19)6-4-13)17(22)21-10-9-12-11-15(23-2)7-8-16(12)21;/h3-8,11H,9-10,20H2,1-2H3;1H. The first-order valence-corrected chi connectivity index (χ1v) is 8.26. The normalized spacial score (nSPS) is 15.2. The quantitative estimate of drug-likeness (QED) is 0.839. The van der Waals surface area contributed by atoms with Crippen LogP contribution >= 0.6 is 28.3 Å². The van der Waals surface area contributed by atoms with Crippen LogP contribution in [0.25, 0.3) is 0 Å². The van der Waals surface area contributed by atoms with E-state index in [2.05, 4.69) is 15.9 Å². The zero-order valence-electron chi connectivity index (χ0n) is 13.6. The van der Waals surface area contributed by atoms with E-state index in [9.17, 15) is 4.79 Å². The first-order chi connectivity index (χ1) is 10.9. The molecule has 3 rings (SSSR count). The zero-order valence-corrected chi connectivity index (χ0v) is 16.0. The predicted octanol–water partition coefficient (Wildman–Crippen LogP) is 3.64. The van der Waals surface area contributed by atoms with E-state index in [1.807, 2.05) is 42.5 Å². The van der Waals surface area contributed by atoms with Gasteiger partial charge in [0.25, 0.3) is 5.91 Å². The molecular formula is C18H20BrClN2O2. The van der Waals surface area contributed by atoms with Crippen molar-refractivity contribution in [1.29, 1.82) is 0 Å². The number of anilines is 1. The molecular weight excluding hydrogens is 392 g/mol. The van der Waals surface area contributed by atoms with Gasteiger partial charge in [-0.15, -0.1) is 12.4 Å². The molecule has 6 heteroatoms. The molecule has 4 nitrogen and oxygen atoms in total. The molecule has 1 amide bonds. The van der Waals surface area contributed by atoms with Gasteiger partial charge in [-0.1, -0.05) is 28.1 Å². The van der Waals surface area contributed by atoms with Crippen LogP contribution in [0.4, 0.5) is 5.69 Å². The number of halogens is 2. The molecule has 1 heterocycles.